The maximum atomic E-state index is 5.59. The zero-order valence-electron chi connectivity index (χ0n) is 11.1. The van der Waals surface area contributed by atoms with Crippen molar-refractivity contribution in [3.05, 3.63) is 23.9 Å². The van der Waals surface area contributed by atoms with Gasteiger partial charge in [-0.2, -0.15) is 0 Å². The summed E-state index contributed by atoms with van der Waals surface area (Å²) in [5.41, 5.74) is 1.05. The van der Waals surface area contributed by atoms with Gasteiger partial charge in [0, 0.05) is 38.6 Å². The molecule has 18 heavy (non-hydrogen) atoms. The lowest BCUT2D eigenvalue weighted by molar-refractivity contribution is 0.0793. The maximum Gasteiger partial charge on any atom is 0.217 e. The molecule has 0 saturated heterocycles. The van der Waals surface area contributed by atoms with Crippen molar-refractivity contribution < 1.29 is 14.2 Å². The lowest BCUT2D eigenvalue weighted by Crippen LogP contribution is -2.12. The molecule has 0 aromatic carbocycles. The van der Waals surface area contributed by atoms with E-state index in [0.29, 0.717) is 25.7 Å². The minimum atomic E-state index is 0.515. The molecule has 0 atom stereocenters. The lowest BCUT2D eigenvalue weighted by atomic mass is 10.3. The van der Waals surface area contributed by atoms with Gasteiger partial charge >= 0.3 is 0 Å². The minimum absolute atomic E-state index is 0.515. The van der Waals surface area contributed by atoms with Gasteiger partial charge < -0.3 is 19.5 Å². The standard InChI is InChI=1S/C13H22N2O3/c1-14-11-12-5-3-6-15-13(12)18-10-9-17-8-4-7-16-2/h3,5-6,14H,4,7-11H2,1-2H3. The maximum absolute atomic E-state index is 5.59. The fraction of sp³-hybridized carbons (Fsp3) is 0.615. The Hall–Kier alpha value is -1.17. The molecule has 0 radical (unpaired) electrons. The largest absolute Gasteiger partial charge is 0.475 e. The van der Waals surface area contributed by atoms with E-state index in [1.807, 2.05) is 19.2 Å². The summed E-state index contributed by atoms with van der Waals surface area (Å²) in [4.78, 5) is 4.21. The number of nitrogens with one attached hydrogen (secondary N) is 1. The van der Waals surface area contributed by atoms with E-state index in [2.05, 4.69) is 10.3 Å². The van der Waals surface area contributed by atoms with E-state index in [4.69, 9.17) is 14.2 Å². The van der Waals surface area contributed by atoms with Gasteiger partial charge in [-0.15, -0.1) is 0 Å². The Kier molecular flexibility index (Phi) is 8.12. The number of rotatable bonds is 10. The molecule has 102 valence electrons. The highest BCUT2D eigenvalue weighted by Gasteiger charge is 2.02. The number of pyridine rings is 1. The summed E-state index contributed by atoms with van der Waals surface area (Å²) in [6.07, 6.45) is 2.64. The van der Waals surface area contributed by atoms with Gasteiger partial charge in [-0.1, -0.05) is 6.07 Å². The first-order valence-electron chi connectivity index (χ1n) is 6.16. The van der Waals surface area contributed by atoms with Gasteiger partial charge in [-0.05, 0) is 19.5 Å². The summed E-state index contributed by atoms with van der Waals surface area (Å²) in [6, 6.07) is 3.90. The van der Waals surface area contributed by atoms with Crippen LogP contribution in [0.4, 0.5) is 0 Å². The van der Waals surface area contributed by atoms with Crippen LogP contribution in [0.5, 0.6) is 5.88 Å². The molecule has 0 unspecified atom stereocenters. The Bertz CT molecular complexity index is 321. The first kappa shape index (κ1) is 14.9. The van der Waals surface area contributed by atoms with Crippen molar-refractivity contribution >= 4 is 0 Å². The molecule has 0 fully saturated rings. The van der Waals surface area contributed by atoms with E-state index < -0.39 is 0 Å². The average Bonchev–Trinajstić information content (AvgIpc) is 2.40. The summed E-state index contributed by atoms with van der Waals surface area (Å²) < 4.78 is 15.9. The third-order valence-electron chi connectivity index (χ3n) is 2.32. The van der Waals surface area contributed by atoms with Crippen LogP contribution in [0.1, 0.15) is 12.0 Å². The molecule has 0 saturated carbocycles. The Labute approximate surface area is 108 Å². The molecule has 1 heterocycles. The van der Waals surface area contributed by atoms with E-state index in [1.54, 1.807) is 13.3 Å². The van der Waals surface area contributed by atoms with Gasteiger partial charge in [0.15, 0.2) is 0 Å². The monoisotopic (exact) mass is 254 g/mol. The Morgan fingerprint density at radius 1 is 1.22 bits per heavy atom. The molecule has 0 aliphatic heterocycles. The molecule has 0 bridgehead atoms. The summed E-state index contributed by atoms with van der Waals surface area (Å²) in [6.45, 7) is 3.26. The van der Waals surface area contributed by atoms with Crippen LogP contribution in [0, 0.1) is 0 Å². The molecule has 0 amide bonds. The molecule has 5 nitrogen and oxygen atoms in total. The minimum Gasteiger partial charge on any atom is -0.475 e. The van der Waals surface area contributed by atoms with Crippen LogP contribution in [-0.2, 0) is 16.0 Å². The van der Waals surface area contributed by atoms with Gasteiger partial charge in [0.05, 0.1) is 6.61 Å². The fourth-order valence-electron chi connectivity index (χ4n) is 1.48. The predicted octanol–water partition coefficient (Wildman–Crippen LogP) is 1.23. The Morgan fingerprint density at radius 2 is 2.11 bits per heavy atom. The van der Waals surface area contributed by atoms with Gasteiger partial charge in [0.25, 0.3) is 0 Å². The van der Waals surface area contributed by atoms with Crippen LogP contribution >= 0.6 is 0 Å². The van der Waals surface area contributed by atoms with Crippen LogP contribution < -0.4 is 10.1 Å². The van der Waals surface area contributed by atoms with Crippen molar-refractivity contribution in [2.24, 2.45) is 0 Å². The van der Waals surface area contributed by atoms with E-state index in [1.165, 1.54) is 0 Å². The van der Waals surface area contributed by atoms with Crippen molar-refractivity contribution in [1.82, 2.24) is 10.3 Å². The number of hydrogen-bond acceptors (Lipinski definition) is 5. The Morgan fingerprint density at radius 3 is 2.89 bits per heavy atom. The Balaban J connectivity index is 2.18. The van der Waals surface area contributed by atoms with Crippen molar-refractivity contribution in [3.8, 4) is 5.88 Å². The number of ether oxygens (including phenoxy) is 3. The van der Waals surface area contributed by atoms with E-state index in [0.717, 1.165) is 25.1 Å². The molecule has 0 aliphatic carbocycles. The van der Waals surface area contributed by atoms with Crippen LogP contribution in [-0.4, -0.2) is 45.6 Å². The highest BCUT2D eigenvalue weighted by atomic mass is 16.5. The summed E-state index contributed by atoms with van der Waals surface area (Å²) in [5.74, 6) is 0.673. The highest BCUT2D eigenvalue weighted by molar-refractivity contribution is 5.25. The zero-order valence-corrected chi connectivity index (χ0v) is 11.1. The highest BCUT2D eigenvalue weighted by Crippen LogP contribution is 2.13. The third-order valence-corrected chi connectivity index (χ3v) is 2.32. The quantitative estimate of drug-likeness (QED) is 0.637. The third kappa shape index (κ3) is 5.95. The first-order valence-corrected chi connectivity index (χ1v) is 6.16. The molecule has 5 heteroatoms. The van der Waals surface area contributed by atoms with Gasteiger partial charge in [0.1, 0.15) is 6.61 Å². The molecule has 1 rings (SSSR count). The summed E-state index contributed by atoms with van der Waals surface area (Å²) >= 11 is 0. The van der Waals surface area contributed by atoms with Gasteiger partial charge in [-0.3, -0.25) is 0 Å². The topological polar surface area (TPSA) is 52.6 Å². The predicted molar refractivity (Wildman–Crippen MR) is 69.8 cm³/mol. The second-order valence-corrected chi connectivity index (χ2v) is 3.81. The molecule has 1 N–H and O–H groups in total. The number of hydrogen-bond donors (Lipinski definition) is 1. The lowest BCUT2D eigenvalue weighted by Gasteiger charge is -2.10. The van der Waals surface area contributed by atoms with E-state index >= 15 is 0 Å². The van der Waals surface area contributed by atoms with E-state index in [-0.39, 0.29) is 0 Å². The van der Waals surface area contributed by atoms with Crippen LogP contribution in [0.25, 0.3) is 0 Å². The smallest absolute Gasteiger partial charge is 0.217 e. The number of methoxy groups -OCH3 is 1. The number of aromatic nitrogens is 1. The second-order valence-electron chi connectivity index (χ2n) is 3.81. The van der Waals surface area contributed by atoms with Crippen molar-refractivity contribution in [2.45, 2.75) is 13.0 Å². The average molecular weight is 254 g/mol. The summed E-state index contributed by atoms with van der Waals surface area (Å²) in [5, 5.41) is 3.08. The molecule has 1 aromatic heterocycles. The second kappa shape index (κ2) is 9.82. The van der Waals surface area contributed by atoms with E-state index in [9.17, 15) is 0 Å². The molecular weight excluding hydrogens is 232 g/mol. The van der Waals surface area contributed by atoms with Crippen molar-refractivity contribution in [2.75, 3.05) is 40.6 Å². The zero-order chi connectivity index (χ0) is 13.1. The van der Waals surface area contributed by atoms with Crippen LogP contribution in [0.2, 0.25) is 0 Å². The molecule has 0 aliphatic rings. The van der Waals surface area contributed by atoms with Crippen LogP contribution in [0.3, 0.4) is 0 Å². The number of nitrogens with zero attached hydrogens (tertiary/aromatic N) is 1. The summed E-state index contributed by atoms with van der Waals surface area (Å²) in [7, 11) is 3.59. The van der Waals surface area contributed by atoms with Crippen LogP contribution in [0.15, 0.2) is 18.3 Å². The van der Waals surface area contributed by atoms with Gasteiger partial charge in [-0.25, -0.2) is 4.98 Å². The molecular formula is C13H22N2O3. The first-order chi connectivity index (χ1) is 8.88. The normalized spacial score (nSPS) is 10.6. The molecule has 0 spiro atoms. The van der Waals surface area contributed by atoms with Crippen molar-refractivity contribution in [3.63, 3.8) is 0 Å². The fourth-order valence-corrected chi connectivity index (χ4v) is 1.48. The SMILES string of the molecule is CNCc1cccnc1OCCOCCCOC. The van der Waals surface area contributed by atoms with Gasteiger partial charge in [0.2, 0.25) is 5.88 Å². The van der Waals surface area contributed by atoms with Crippen molar-refractivity contribution in [1.29, 1.82) is 0 Å². The molecule has 1 aromatic rings.